The van der Waals surface area contributed by atoms with E-state index in [9.17, 15) is 0 Å². The van der Waals surface area contributed by atoms with E-state index in [1.807, 2.05) is 0 Å². The number of rotatable bonds is 5. The summed E-state index contributed by atoms with van der Waals surface area (Å²) in [5, 5.41) is 2.47. The third-order valence-corrected chi connectivity index (χ3v) is 5.54. The van der Waals surface area contributed by atoms with Crippen molar-refractivity contribution in [3.05, 3.63) is 69.6 Å². The molecule has 0 fully saturated rings. The third-order valence-electron chi connectivity index (χ3n) is 4.55. The summed E-state index contributed by atoms with van der Waals surface area (Å²) in [6.07, 6.45) is 2.23. The lowest BCUT2D eigenvalue weighted by Gasteiger charge is -2.10. The van der Waals surface area contributed by atoms with Crippen molar-refractivity contribution >= 4 is 53.7 Å². The molecule has 0 aliphatic rings. The zero-order valence-electron chi connectivity index (χ0n) is 14.5. The second-order valence-corrected chi connectivity index (χ2v) is 8.19. The van der Waals surface area contributed by atoms with Crippen LogP contribution in [0.1, 0.15) is 19.8 Å². The molecule has 3 aromatic carbocycles. The molecule has 26 heavy (non-hydrogen) atoms. The zero-order valence-corrected chi connectivity index (χ0v) is 17.7. The van der Waals surface area contributed by atoms with Gasteiger partial charge in [-0.15, -0.1) is 0 Å². The third kappa shape index (κ3) is 3.28. The Balaban J connectivity index is 1.85. The Labute approximate surface area is 170 Å². The van der Waals surface area contributed by atoms with E-state index in [4.69, 9.17) is 4.74 Å². The van der Waals surface area contributed by atoms with Crippen LogP contribution in [0.15, 0.2) is 69.6 Å². The fourth-order valence-corrected chi connectivity index (χ4v) is 3.99. The van der Waals surface area contributed by atoms with Gasteiger partial charge in [0.1, 0.15) is 5.75 Å². The average molecular weight is 473 g/mol. The quantitative estimate of drug-likeness (QED) is 0.274. The number of unbranched alkanes of at least 4 members (excludes halogenated alkanes) is 1. The first-order chi connectivity index (χ1) is 12.7. The predicted molar refractivity (Wildman–Crippen MR) is 117 cm³/mol. The van der Waals surface area contributed by atoms with Crippen LogP contribution in [0.3, 0.4) is 0 Å². The van der Waals surface area contributed by atoms with E-state index in [0.717, 1.165) is 39.8 Å². The molecule has 0 atom stereocenters. The molecule has 0 spiro atoms. The van der Waals surface area contributed by atoms with Crippen LogP contribution in [0.2, 0.25) is 0 Å². The largest absolute Gasteiger partial charge is 0.494 e. The molecule has 1 heterocycles. The standard InChI is InChI=1S/C22H19Br2NO/c1-2-3-12-26-18-8-6-17(7-9-18)25-21-10-4-15(23)13-19(21)20-14-16(24)5-11-22(20)25/h4-11,13-14H,2-3,12H2,1H3. The topological polar surface area (TPSA) is 14.2 Å². The molecular formula is C22H19Br2NO. The van der Waals surface area contributed by atoms with Gasteiger partial charge >= 0.3 is 0 Å². The van der Waals surface area contributed by atoms with Gasteiger partial charge in [-0.1, -0.05) is 45.2 Å². The number of ether oxygens (including phenoxy) is 1. The lowest BCUT2D eigenvalue weighted by Crippen LogP contribution is -1.97. The van der Waals surface area contributed by atoms with Gasteiger partial charge in [0.05, 0.1) is 17.6 Å². The van der Waals surface area contributed by atoms with E-state index >= 15 is 0 Å². The molecule has 4 rings (SSSR count). The van der Waals surface area contributed by atoms with Crippen LogP contribution in [0.25, 0.3) is 27.5 Å². The van der Waals surface area contributed by atoms with Crippen molar-refractivity contribution in [3.8, 4) is 11.4 Å². The molecule has 0 saturated heterocycles. The first-order valence-electron chi connectivity index (χ1n) is 8.80. The minimum absolute atomic E-state index is 0.771. The van der Waals surface area contributed by atoms with Gasteiger partial charge in [0.2, 0.25) is 0 Å². The van der Waals surface area contributed by atoms with Crippen LogP contribution in [0, 0.1) is 0 Å². The number of nitrogens with zero attached hydrogens (tertiary/aromatic N) is 1. The van der Waals surface area contributed by atoms with E-state index in [-0.39, 0.29) is 0 Å². The molecule has 4 heteroatoms. The molecule has 2 nitrogen and oxygen atoms in total. The van der Waals surface area contributed by atoms with E-state index in [1.54, 1.807) is 0 Å². The molecule has 0 saturated carbocycles. The molecule has 0 amide bonds. The Morgan fingerprint density at radius 2 is 1.38 bits per heavy atom. The molecule has 0 bridgehead atoms. The molecule has 132 valence electrons. The normalized spacial score (nSPS) is 11.3. The van der Waals surface area contributed by atoms with E-state index in [0.29, 0.717) is 0 Å². The monoisotopic (exact) mass is 471 g/mol. The summed E-state index contributed by atoms with van der Waals surface area (Å²) in [6.45, 7) is 2.94. The minimum Gasteiger partial charge on any atom is -0.494 e. The van der Waals surface area contributed by atoms with Crippen LogP contribution >= 0.6 is 31.9 Å². The number of fused-ring (bicyclic) bond motifs is 3. The van der Waals surface area contributed by atoms with Crippen LogP contribution in [-0.4, -0.2) is 11.2 Å². The summed E-state index contributed by atoms with van der Waals surface area (Å²) in [6, 6.07) is 21.3. The molecule has 0 unspecified atom stereocenters. The van der Waals surface area contributed by atoms with Gasteiger partial charge in [0.15, 0.2) is 0 Å². The highest BCUT2D eigenvalue weighted by molar-refractivity contribution is 9.10. The van der Waals surface area contributed by atoms with Crippen LogP contribution < -0.4 is 4.74 Å². The van der Waals surface area contributed by atoms with Crippen molar-refractivity contribution in [1.29, 1.82) is 0 Å². The maximum Gasteiger partial charge on any atom is 0.119 e. The highest BCUT2D eigenvalue weighted by atomic mass is 79.9. The lowest BCUT2D eigenvalue weighted by atomic mass is 10.2. The fraction of sp³-hybridized carbons (Fsp3) is 0.182. The average Bonchev–Trinajstić information content (AvgIpc) is 2.95. The number of aromatic nitrogens is 1. The molecular weight excluding hydrogens is 454 g/mol. The van der Waals surface area contributed by atoms with Gasteiger partial charge in [0.25, 0.3) is 0 Å². The molecule has 0 aliphatic carbocycles. The minimum atomic E-state index is 0.771. The van der Waals surface area contributed by atoms with Gasteiger partial charge in [-0.25, -0.2) is 0 Å². The Morgan fingerprint density at radius 1 is 0.808 bits per heavy atom. The summed E-state index contributed by atoms with van der Waals surface area (Å²) >= 11 is 7.21. The van der Waals surface area contributed by atoms with Crippen molar-refractivity contribution in [2.75, 3.05) is 6.61 Å². The van der Waals surface area contributed by atoms with E-state index in [2.05, 4.69) is 104 Å². The van der Waals surface area contributed by atoms with Crippen molar-refractivity contribution in [1.82, 2.24) is 4.57 Å². The maximum atomic E-state index is 5.80. The lowest BCUT2D eigenvalue weighted by molar-refractivity contribution is 0.309. The fourth-order valence-electron chi connectivity index (χ4n) is 3.27. The number of halogens is 2. The van der Waals surface area contributed by atoms with Crippen LogP contribution in [0.4, 0.5) is 0 Å². The molecule has 0 radical (unpaired) electrons. The van der Waals surface area contributed by atoms with Crippen LogP contribution in [-0.2, 0) is 0 Å². The van der Waals surface area contributed by atoms with Crippen molar-refractivity contribution < 1.29 is 4.74 Å². The predicted octanol–water partition coefficient (Wildman–Crippen LogP) is 7.49. The molecule has 0 N–H and O–H groups in total. The maximum absolute atomic E-state index is 5.80. The van der Waals surface area contributed by atoms with E-state index < -0.39 is 0 Å². The van der Waals surface area contributed by atoms with E-state index in [1.165, 1.54) is 21.8 Å². The second-order valence-electron chi connectivity index (χ2n) is 6.35. The van der Waals surface area contributed by atoms with Crippen molar-refractivity contribution in [2.24, 2.45) is 0 Å². The first kappa shape index (κ1) is 17.6. The summed E-state index contributed by atoms with van der Waals surface area (Å²) in [4.78, 5) is 0. The highest BCUT2D eigenvalue weighted by Crippen LogP contribution is 2.35. The Kier molecular flexibility index (Phi) is 5.05. The van der Waals surface area contributed by atoms with Gasteiger partial charge < -0.3 is 9.30 Å². The van der Waals surface area contributed by atoms with Crippen molar-refractivity contribution in [2.45, 2.75) is 19.8 Å². The number of hydrogen-bond acceptors (Lipinski definition) is 1. The Bertz CT molecular complexity index is 1010. The first-order valence-corrected chi connectivity index (χ1v) is 10.4. The van der Waals surface area contributed by atoms with Gasteiger partial charge in [-0.3, -0.25) is 0 Å². The number of hydrogen-bond donors (Lipinski definition) is 0. The smallest absolute Gasteiger partial charge is 0.119 e. The van der Waals surface area contributed by atoms with Gasteiger partial charge in [-0.2, -0.15) is 0 Å². The number of benzene rings is 3. The zero-order chi connectivity index (χ0) is 18.1. The molecule has 0 aliphatic heterocycles. The summed E-state index contributed by atoms with van der Waals surface area (Å²) in [5.74, 6) is 0.924. The Hall–Kier alpha value is -1.78. The SMILES string of the molecule is CCCCOc1ccc(-n2c3ccc(Br)cc3c3cc(Br)ccc32)cc1. The summed E-state index contributed by atoms with van der Waals surface area (Å²) < 4.78 is 10.3. The second kappa shape index (κ2) is 7.45. The summed E-state index contributed by atoms with van der Waals surface area (Å²) in [5.41, 5.74) is 3.53. The van der Waals surface area contributed by atoms with Gasteiger partial charge in [0, 0.05) is 25.4 Å². The Morgan fingerprint density at radius 3 is 1.92 bits per heavy atom. The van der Waals surface area contributed by atoms with Gasteiger partial charge in [-0.05, 0) is 67.1 Å². The molecule has 1 aromatic heterocycles. The van der Waals surface area contributed by atoms with Crippen molar-refractivity contribution in [3.63, 3.8) is 0 Å². The van der Waals surface area contributed by atoms with Crippen LogP contribution in [0.5, 0.6) is 5.75 Å². The highest BCUT2D eigenvalue weighted by Gasteiger charge is 2.13. The summed E-state index contributed by atoms with van der Waals surface area (Å²) in [7, 11) is 0. The molecule has 4 aromatic rings.